The molecule has 1 rings (SSSR count). The molecule has 0 spiro atoms. The topological polar surface area (TPSA) is 87.7 Å². The molecule has 7 heteroatoms. The largest absolute Gasteiger partial charge is 0.444 e. The van der Waals surface area contributed by atoms with Gasteiger partial charge >= 0.3 is 6.09 Å². The number of aryl methyl sites for hydroxylation is 2. The van der Waals surface area contributed by atoms with Gasteiger partial charge in [-0.25, -0.2) is 4.79 Å². The molecule has 0 fully saturated rings. The fourth-order valence-corrected chi connectivity index (χ4v) is 3.85. The molecular formula is C28H47N3O4. The third kappa shape index (κ3) is 9.54. The van der Waals surface area contributed by atoms with E-state index in [4.69, 9.17) is 4.74 Å². The monoisotopic (exact) mass is 489 g/mol. The summed E-state index contributed by atoms with van der Waals surface area (Å²) < 4.78 is 5.44. The molecule has 0 aliphatic heterocycles. The number of amides is 3. The second kappa shape index (κ2) is 12.9. The second-order valence-electron chi connectivity index (χ2n) is 11.2. The molecule has 0 saturated heterocycles. The Kier molecular flexibility index (Phi) is 11.3. The van der Waals surface area contributed by atoms with Crippen molar-refractivity contribution in [3.05, 3.63) is 34.9 Å². The molecule has 0 aromatic heterocycles. The molecular weight excluding hydrogens is 442 g/mol. The van der Waals surface area contributed by atoms with E-state index in [0.29, 0.717) is 12.8 Å². The lowest BCUT2D eigenvalue weighted by Gasteiger charge is -2.39. The summed E-state index contributed by atoms with van der Waals surface area (Å²) in [6, 6.07) is 3.90. The third-order valence-corrected chi connectivity index (χ3v) is 5.82. The highest BCUT2D eigenvalue weighted by Crippen LogP contribution is 2.28. The van der Waals surface area contributed by atoms with E-state index < -0.39 is 23.8 Å². The van der Waals surface area contributed by atoms with E-state index in [-0.39, 0.29) is 29.8 Å². The molecule has 3 amide bonds. The van der Waals surface area contributed by atoms with E-state index in [9.17, 15) is 14.4 Å². The van der Waals surface area contributed by atoms with Crippen molar-refractivity contribution in [1.29, 1.82) is 0 Å². The summed E-state index contributed by atoms with van der Waals surface area (Å²) in [5.74, 6) is -0.388. The Morgan fingerprint density at radius 1 is 0.971 bits per heavy atom. The minimum atomic E-state index is -0.825. The predicted molar refractivity (Wildman–Crippen MR) is 141 cm³/mol. The van der Waals surface area contributed by atoms with Gasteiger partial charge < -0.3 is 20.3 Å². The number of carbonyl (C=O) groups excluding carboxylic acids is 3. The van der Waals surface area contributed by atoms with Crippen molar-refractivity contribution >= 4 is 17.9 Å². The van der Waals surface area contributed by atoms with Crippen molar-refractivity contribution in [3.8, 4) is 0 Å². The summed E-state index contributed by atoms with van der Waals surface area (Å²) in [6.45, 7) is 21.1. The highest BCUT2D eigenvalue weighted by molar-refractivity contribution is 5.92. The molecule has 0 aliphatic carbocycles. The Bertz CT molecular complexity index is 873. The van der Waals surface area contributed by atoms with E-state index in [1.807, 2.05) is 73.6 Å². The molecule has 0 heterocycles. The van der Waals surface area contributed by atoms with Crippen LogP contribution in [0.2, 0.25) is 0 Å². The molecule has 2 N–H and O–H groups in total. The van der Waals surface area contributed by atoms with Gasteiger partial charge in [-0.1, -0.05) is 39.0 Å². The molecule has 7 nitrogen and oxygen atoms in total. The van der Waals surface area contributed by atoms with Crippen molar-refractivity contribution in [2.24, 2.45) is 5.92 Å². The normalized spacial score (nSPS) is 14.3. The van der Waals surface area contributed by atoms with Gasteiger partial charge in [0.2, 0.25) is 11.8 Å². The van der Waals surface area contributed by atoms with Gasteiger partial charge in [-0.15, -0.1) is 0 Å². The van der Waals surface area contributed by atoms with Gasteiger partial charge in [-0.3, -0.25) is 9.59 Å². The predicted octanol–water partition coefficient (Wildman–Crippen LogP) is 5.44. The Labute approximate surface area is 212 Å². The van der Waals surface area contributed by atoms with Crippen molar-refractivity contribution in [2.75, 3.05) is 0 Å². The molecule has 198 valence electrons. The second-order valence-corrected chi connectivity index (χ2v) is 11.2. The number of nitrogens with zero attached hydrogens (tertiary/aromatic N) is 1. The summed E-state index contributed by atoms with van der Waals surface area (Å²) >= 11 is 0. The number of benzene rings is 1. The summed E-state index contributed by atoms with van der Waals surface area (Å²) in [5, 5.41) is 5.78. The van der Waals surface area contributed by atoms with Crippen LogP contribution < -0.4 is 10.6 Å². The molecule has 0 bridgehead atoms. The lowest BCUT2D eigenvalue weighted by Crippen LogP contribution is -2.56. The number of hydrogen-bond donors (Lipinski definition) is 2. The first-order valence-electron chi connectivity index (χ1n) is 12.8. The SMILES string of the molecule is CCC(C)N(C(=O)C(CC(C)C)NC(=O)OC(C)(C)C)C(C(=O)NC(C)C)c1ccc(C)c(C)c1. The lowest BCUT2D eigenvalue weighted by atomic mass is 9.95. The van der Waals surface area contributed by atoms with Gasteiger partial charge in [0, 0.05) is 12.1 Å². The Morgan fingerprint density at radius 2 is 1.57 bits per heavy atom. The summed E-state index contributed by atoms with van der Waals surface area (Å²) in [4.78, 5) is 41.9. The zero-order valence-corrected chi connectivity index (χ0v) is 23.6. The van der Waals surface area contributed by atoms with Crippen LogP contribution in [0.25, 0.3) is 0 Å². The van der Waals surface area contributed by atoms with Gasteiger partial charge in [-0.2, -0.15) is 0 Å². The number of ether oxygens (including phenoxy) is 1. The van der Waals surface area contributed by atoms with Crippen LogP contribution in [-0.4, -0.2) is 46.5 Å². The van der Waals surface area contributed by atoms with Crippen LogP contribution in [-0.2, 0) is 14.3 Å². The van der Waals surface area contributed by atoms with E-state index in [2.05, 4.69) is 10.6 Å². The maximum atomic E-state index is 14.1. The fourth-order valence-electron chi connectivity index (χ4n) is 3.85. The number of alkyl carbamates (subject to hydrolysis) is 1. The maximum Gasteiger partial charge on any atom is 0.408 e. The van der Waals surface area contributed by atoms with Crippen LogP contribution in [0.15, 0.2) is 18.2 Å². The van der Waals surface area contributed by atoms with E-state index in [1.54, 1.807) is 25.7 Å². The van der Waals surface area contributed by atoms with Gasteiger partial charge in [0.25, 0.3) is 0 Å². The quantitative estimate of drug-likeness (QED) is 0.458. The van der Waals surface area contributed by atoms with Gasteiger partial charge in [0.1, 0.15) is 17.7 Å². The summed E-state index contributed by atoms with van der Waals surface area (Å²) in [6.07, 6.45) is 0.439. The average molecular weight is 490 g/mol. The van der Waals surface area contributed by atoms with Crippen LogP contribution in [0.4, 0.5) is 4.79 Å². The van der Waals surface area contributed by atoms with E-state index >= 15 is 0 Å². The van der Waals surface area contributed by atoms with Crippen molar-refractivity contribution in [2.45, 2.75) is 119 Å². The van der Waals surface area contributed by atoms with Crippen LogP contribution in [0.5, 0.6) is 0 Å². The number of nitrogens with one attached hydrogen (secondary N) is 2. The van der Waals surface area contributed by atoms with Crippen LogP contribution in [0, 0.1) is 19.8 Å². The molecule has 0 aliphatic rings. The molecule has 35 heavy (non-hydrogen) atoms. The fraction of sp³-hybridized carbons (Fsp3) is 0.679. The zero-order chi connectivity index (χ0) is 27.1. The minimum Gasteiger partial charge on any atom is -0.444 e. The molecule has 3 atom stereocenters. The van der Waals surface area contributed by atoms with Crippen molar-refractivity contribution in [1.82, 2.24) is 15.5 Å². The molecule has 0 radical (unpaired) electrons. The highest BCUT2D eigenvalue weighted by atomic mass is 16.6. The van der Waals surface area contributed by atoms with Crippen LogP contribution >= 0.6 is 0 Å². The first-order chi connectivity index (χ1) is 16.1. The summed E-state index contributed by atoms with van der Waals surface area (Å²) in [7, 11) is 0. The number of rotatable bonds is 10. The Morgan fingerprint density at radius 3 is 2.03 bits per heavy atom. The van der Waals surface area contributed by atoms with Gasteiger partial charge in [0.15, 0.2) is 0 Å². The molecule has 0 saturated carbocycles. The first kappa shape index (κ1) is 30.5. The maximum absolute atomic E-state index is 14.1. The zero-order valence-electron chi connectivity index (χ0n) is 23.6. The number of carbonyl (C=O) groups is 3. The first-order valence-corrected chi connectivity index (χ1v) is 12.8. The van der Waals surface area contributed by atoms with Gasteiger partial charge in [-0.05, 0) is 90.8 Å². The van der Waals surface area contributed by atoms with Crippen LogP contribution in [0.1, 0.15) is 97.9 Å². The van der Waals surface area contributed by atoms with Crippen LogP contribution in [0.3, 0.4) is 0 Å². The minimum absolute atomic E-state index is 0.0863. The molecule has 3 unspecified atom stereocenters. The Balaban J connectivity index is 3.57. The molecule has 1 aromatic rings. The highest BCUT2D eigenvalue weighted by Gasteiger charge is 2.38. The standard InChI is InChI=1S/C28H47N3O4/c1-12-21(8)31(26(33)23(15-17(2)3)30-27(34)35-28(9,10)11)24(25(32)29-18(4)5)22-14-13-19(6)20(7)16-22/h13-14,16-18,21,23-24H,12,15H2,1-11H3,(H,29,32)(H,30,34). The van der Waals surface area contributed by atoms with E-state index in [0.717, 1.165) is 16.7 Å². The molecule has 1 aromatic carbocycles. The van der Waals surface area contributed by atoms with Crippen molar-refractivity contribution < 1.29 is 19.1 Å². The summed E-state index contributed by atoms with van der Waals surface area (Å²) in [5.41, 5.74) is 2.22. The average Bonchev–Trinajstić information content (AvgIpc) is 2.70. The van der Waals surface area contributed by atoms with Crippen molar-refractivity contribution in [3.63, 3.8) is 0 Å². The smallest absolute Gasteiger partial charge is 0.408 e. The third-order valence-electron chi connectivity index (χ3n) is 5.82. The van der Waals surface area contributed by atoms with Gasteiger partial charge in [0.05, 0.1) is 0 Å². The number of hydrogen-bond acceptors (Lipinski definition) is 4. The lowest BCUT2D eigenvalue weighted by molar-refractivity contribution is -0.145. The van der Waals surface area contributed by atoms with E-state index in [1.165, 1.54) is 0 Å². The Hall–Kier alpha value is -2.57.